The number of hydrogen-bond acceptors (Lipinski definition) is 1. The first kappa shape index (κ1) is 12.4. The van der Waals surface area contributed by atoms with Crippen molar-refractivity contribution < 1.29 is 17.9 Å². The van der Waals surface area contributed by atoms with E-state index in [0.29, 0.717) is 18.2 Å². The first-order chi connectivity index (χ1) is 7.15. The molecule has 0 amide bonds. The van der Waals surface area contributed by atoms with Gasteiger partial charge in [0.05, 0.1) is 0 Å². The van der Waals surface area contributed by atoms with Gasteiger partial charge in [-0.3, -0.25) is 0 Å². The molecule has 0 aliphatic rings. The van der Waals surface area contributed by atoms with Crippen LogP contribution in [0.15, 0.2) is 18.2 Å². The normalized spacial score (nSPS) is 10.7. The number of hydrogen-bond donors (Lipinski definition) is 0. The first-order valence-corrected chi connectivity index (χ1v) is 5.55. The second-order valence-corrected chi connectivity index (χ2v) is 3.68. The highest BCUT2D eigenvalue weighted by Crippen LogP contribution is 2.24. The van der Waals surface area contributed by atoms with Crippen molar-refractivity contribution in [3.8, 4) is 5.75 Å². The summed E-state index contributed by atoms with van der Waals surface area (Å²) in [7, 11) is 0. The molecule has 0 aromatic heterocycles. The molecule has 0 atom stereocenters. The van der Waals surface area contributed by atoms with Gasteiger partial charge in [0.2, 0.25) is 0 Å². The lowest BCUT2D eigenvalue weighted by Crippen LogP contribution is -2.06. The predicted molar refractivity (Wildman–Crippen MR) is 55.1 cm³/mol. The molecule has 0 saturated heterocycles. The van der Waals surface area contributed by atoms with E-state index in [2.05, 4.69) is 20.7 Å². The quantitative estimate of drug-likeness (QED) is 0.748. The molecule has 0 heterocycles. The monoisotopic (exact) mass is 282 g/mol. The molecule has 0 aliphatic heterocycles. The largest absolute Gasteiger partial charge is 0.434 e. The summed E-state index contributed by atoms with van der Waals surface area (Å²) >= 11 is 3.20. The van der Waals surface area contributed by atoms with Gasteiger partial charge in [0, 0.05) is 10.9 Å². The van der Waals surface area contributed by atoms with Crippen LogP contribution in [0.25, 0.3) is 0 Å². The zero-order chi connectivity index (χ0) is 11.3. The SMILES string of the molecule is Fc1cccc(OC(F)F)c1CCCBr. The zero-order valence-corrected chi connectivity index (χ0v) is 9.44. The summed E-state index contributed by atoms with van der Waals surface area (Å²) < 4.78 is 41.5. The van der Waals surface area contributed by atoms with Crippen LogP contribution in [0.3, 0.4) is 0 Å². The van der Waals surface area contributed by atoms with Crippen LogP contribution in [0.4, 0.5) is 13.2 Å². The predicted octanol–water partition coefficient (Wildman–Crippen LogP) is 3.75. The maximum Gasteiger partial charge on any atom is 0.387 e. The molecule has 5 heteroatoms. The number of halogens is 4. The Kier molecular flexibility index (Phi) is 4.94. The van der Waals surface area contributed by atoms with E-state index in [0.717, 1.165) is 0 Å². The molecule has 0 spiro atoms. The summed E-state index contributed by atoms with van der Waals surface area (Å²) in [5.74, 6) is -0.583. The van der Waals surface area contributed by atoms with Gasteiger partial charge < -0.3 is 4.74 Å². The van der Waals surface area contributed by atoms with E-state index in [1.54, 1.807) is 0 Å². The van der Waals surface area contributed by atoms with Crippen LogP contribution in [0.5, 0.6) is 5.75 Å². The average molecular weight is 283 g/mol. The molecule has 1 aromatic rings. The van der Waals surface area contributed by atoms with Crippen LogP contribution in [0.2, 0.25) is 0 Å². The molecular formula is C10H10BrF3O. The fourth-order valence-corrected chi connectivity index (χ4v) is 1.51. The molecule has 84 valence electrons. The van der Waals surface area contributed by atoms with Gasteiger partial charge in [0.15, 0.2) is 0 Å². The van der Waals surface area contributed by atoms with Crippen LogP contribution in [-0.4, -0.2) is 11.9 Å². The Bertz CT molecular complexity index is 318. The Hall–Kier alpha value is -0.710. The van der Waals surface area contributed by atoms with E-state index in [-0.39, 0.29) is 11.3 Å². The molecule has 0 saturated carbocycles. The lowest BCUT2D eigenvalue weighted by Gasteiger charge is -2.10. The van der Waals surface area contributed by atoms with Gasteiger partial charge in [-0.05, 0) is 25.0 Å². The standard InChI is InChI=1S/C10H10BrF3O/c11-6-2-3-7-8(12)4-1-5-9(7)15-10(13)14/h1,4-5,10H,2-3,6H2. The van der Waals surface area contributed by atoms with E-state index in [9.17, 15) is 13.2 Å². The molecule has 1 rings (SSSR count). The lowest BCUT2D eigenvalue weighted by molar-refractivity contribution is -0.0506. The van der Waals surface area contributed by atoms with E-state index in [4.69, 9.17) is 0 Å². The minimum absolute atomic E-state index is 0.0778. The van der Waals surface area contributed by atoms with Crippen molar-refractivity contribution >= 4 is 15.9 Å². The molecule has 0 N–H and O–H groups in total. The molecule has 0 radical (unpaired) electrons. The maximum atomic E-state index is 13.3. The van der Waals surface area contributed by atoms with Gasteiger partial charge in [-0.2, -0.15) is 8.78 Å². The summed E-state index contributed by atoms with van der Waals surface area (Å²) in [5, 5.41) is 0.690. The summed E-state index contributed by atoms with van der Waals surface area (Å²) in [6.07, 6.45) is 1.04. The van der Waals surface area contributed by atoms with Gasteiger partial charge >= 0.3 is 6.61 Å². The molecule has 15 heavy (non-hydrogen) atoms. The molecule has 0 fully saturated rings. The molecule has 0 aliphatic carbocycles. The van der Waals surface area contributed by atoms with Crippen molar-refractivity contribution in [1.82, 2.24) is 0 Å². The minimum Gasteiger partial charge on any atom is -0.434 e. The summed E-state index contributed by atoms with van der Waals surface area (Å²) in [6.45, 7) is -2.92. The fraction of sp³-hybridized carbons (Fsp3) is 0.400. The molecule has 1 nitrogen and oxygen atoms in total. The van der Waals surface area contributed by atoms with Crippen molar-refractivity contribution in [1.29, 1.82) is 0 Å². The average Bonchev–Trinajstić information content (AvgIpc) is 2.16. The lowest BCUT2D eigenvalue weighted by atomic mass is 10.1. The third-order valence-electron chi connectivity index (χ3n) is 1.85. The molecule has 1 aromatic carbocycles. The van der Waals surface area contributed by atoms with Crippen LogP contribution in [0, 0.1) is 5.82 Å². The van der Waals surface area contributed by atoms with E-state index in [1.807, 2.05) is 0 Å². The van der Waals surface area contributed by atoms with Crippen LogP contribution in [0.1, 0.15) is 12.0 Å². The molecular weight excluding hydrogens is 273 g/mol. The second-order valence-electron chi connectivity index (χ2n) is 2.89. The Morgan fingerprint density at radius 2 is 2.07 bits per heavy atom. The van der Waals surface area contributed by atoms with Crippen molar-refractivity contribution in [3.63, 3.8) is 0 Å². The number of rotatable bonds is 5. The number of benzene rings is 1. The van der Waals surface area contributed by atoms with Crippen LogP contribution < -0.4 is 4.74 Å². The number of ether oxygens (including phenoxy) is 1. The summed E-state index contributed by atoms with van der Waals surface area (Å²) in [6, 6.07) is 3.94. The summed E-state index contributed by atoms with van der Waals surface area (Å²) in [4.78, 5) is 0. The third-order valence-corrected chi connectivity index (χ3v) is 2.41. The van der Waals surface area contributed by atoms with Gasteiger partial charge in [-0.15, -0.1) is 0 Å². The van der Waals surface area contributed by atoms with Crippen molar-refractivity contribution in [2.45, 2.75) is 19.5 Å². The highest BCUT2D eigenvalue weighted by Gasteiger charge is 2.12. The molecule has 0 bridgehead atoms. The van der Waals surface area contributed by atoms with Gasteiger partial charge in [-0.25, -0.2) is 4.39 Å². The Labute approximate surface area is 94.4 Å². The van der Waals surface area contributed by atoms with Gasteiger partial charge in [0.25, 0.3) is 0 Å². The fourth-order valence-electron chi connectivity index (χ4n) is 1.23. The van der Waals surface area contributed by atoms with Crippen molar-refractivity contribution in [2.75, 3.05) is 5.33 Å². The minimum atomic E-state index is -2.92. The van der Waals surface area contributed by atoms with Gasteiger partial charge in [-0.1, -0.05) is 22.0 Å². The zero-order valence-electron chi connectivity index (χ0n) is 7.85. The Morgan fingerprint density at radius 1 is 1.33 bits per heavy atom. The smallest absolute Gasteiger partial charge is 0.387 e. The highest BCUT2D eigenvalue weighted by atomic mass is 79.9. The first-order valence-electron chi connectivity index (χ1n) is 4.43. The van der Waals surface area contributed by atoms with Crippen molar-refractivity contribution in [2.24, 2.45) is 0 Å². The van der Waals surface area contributed by atoms with Crippen molar-refractivity contribution in [3.05, 3.63) is 29.6 Å². The van der Waals surface area contributed by atoms with Crippen LogP contribution >= 0.6 is 15.9 Å². The third kappa shape index (κ3) is 3.74. The van der Waals surface area contributed by atoms with E-state index in [1.165, 1.54) is 18.2 Å². The maximum absolute atomic E-state index is 13.3. The second kappa shape index (κ2) is 6.00. The summed E-state index contributed by atoms with van der Waals surface area (Å²) in [5.41, 5.74) is 0.206. The Morgan fingerprint density at radius 3 is 2.67 bits per heavy atom. The van der Waals surface area contributed by atoms with Crippen LogP contribution in [-0.2, 0) is 6.42 Å². The topological polar surface area (TPSA) is 9.23 Å². The highest BCUT2D eigenvalue weighted by molar-refractivity contribution is 9.09. The molecule has 0 unspecified atom stereocenters. The van der Waals surface area contributed by atoms with Gasteiger partial charge in [0.1, 0.15) is 11.6 Å². The Balaban J connectivity index is 2.87. The number of alkyl halides is 3. The van der Waals surface area contributed by atoms with E-state index >= 15 is 0 Å². The van der Waals surface area contributed by atoms with E-state index < -0.39 is 12.4 Å².